The minimum atomic E-state index is -0.394. The quantitative estimate of drug-likeness (QED) is 0.780. The summed E-state index contributed by atoms with van der Waals surface area (Å²) in [6, 6.07) is 1.90. The van der Waals surface area contributed by atoms with Crippen molar-refractivity contribution < 1.29 is 4.79 Å². The second-order valence-corrected chi connectivity index (χ2v) is 5.86. The Balaban J connectivity index is 2.06. The van der Waals surface area contributed by atoms with Crippen LogP contribution < -0.4 is 11.1 Å². The van der Waals surface area contributed by atoms with Crippen molar-refractivity contribution in [3.63, 3.8) is 0 Å². The van der Waals surface area contributed by atoms with Gasteiger partial charge in [0.15, 0.2) is 5.82 Å². The van der Waals surface area contributed by atoms with Gasteiger partial charge in [-0.2, -0.15) is 5.10 Å². The fraction of sp³-hybridized carbons (Fsp3) is 0.714. The zero-order chi connectivity index (χ0) is 13.9. The van der Waals surface area contributed by atoms with E-state index in [0.29, 0.717) is 18.3 Å². The van der Waals surface area contributed by atoms with Gasteiger partial charge >= 0.3 is 0 Å². The van der Waals surface area contributed by atoms with Gasteiger partial charge in [0, 0.05) is 18.3 Å². The van der Waals surface area contributed by atoms with Gasteiger partial charge in [-0.25, -0.2) is 0 Å². The Bertz CT molecular complexity index is 432. The molecule has 0 aliphatic heterocycles. The average Bonchev–Trinajstić information content (AvgIpc) is 2.88. The molecule has 106 valence electrons. The highest BCUT2D eigenvalue weighted by atomic mass is 16.2. The minimum absolute atomic E-state index is 0.0245. The van der Waals surface area contributed by atoms with Crippen LogP contribution in [-0.4, -0.2) is 22.6 Å². The number of carbonyl (C=O) groups is 1. The number of H-pyrrole nitrogens is 1. The van der Waals surface area contributed by atoms with Crippen LogP contribution in [0.1, 0.15) is 57.6 Å². The summed E-state index contributed by atoms with van der Waals surface area (Å²) in [4.78, 5) is 12.5. The van der Waals surface area contributed by atoms with E-state index in [9.17, 15) is 4.79 Å². The molecule has 4 N–H and O–H groups in total. The summed E-state index contributed by atoms with van der Waals surface area (Å²) in [7, 11) is 0. The molecular weight excluding hydrogens is 240 g/mol. The standard InChI is InChI=1S/C14H24N4O/c1-10(2)11-8-12(18-17-11)16-13(19)14(9-15)6-4-3-5-7-14/h8,10H,3-7,9,15H2,1-2H3,(H2,16,17,18,19). The third-order valence-corrected chi connectivity index (χ3v) is 4.14. The molecular formula is C14H24N4O. The average molecular weight is 264 g/mol. The van der Waals surface area contributed by atoms with Crippen LogP contribution >= 0.6 is 0 Å². The van der Waals surface area contributed by atoms with Crippen LogP contribution in [0.3, 0.4) is 0 Å². The molecule has 1 heterocycles. The van der Waals surface area contributed by atoms with E-state index in [2.05, 4.69) is 29.4 Å². The van der Waals surface area contributed by atoms with Crippen molar-refractivity contribution in [1.82, 2.24) is 10.2 Å². The lowest BCUT2D eigenvalue weighted by molar-refractivity contribution is -0.126. The van der Waals surface area contributed by atoms with Crippen molar-refractivity contribution in [1.29, 1.82) is 0 Å². The predicted octanol–water partition coefficient (Wildman–Crippen LogP) is 2.38. The number of hydrogen-bond acceptors (Lipinski definition) is 3. The van der Waals surface area contributed by atoms with Gasteiger partial charge in [-0.1, -0.05) is 33.1 Å². The monoisotopic (exact) mass is 264 g/mol. The van der Waals surface area contributed by atoms with Crippen LogP contribution in [0.25, 0.3) is 0 Å². The third-order valence-electron chi connectivity index (χ3n) is 4.14. The van der Waals surface area contributed by atoms with E-state index in [0.717, 1.165) is 31.4 Å². The van der Waals surface area contributed by atoms with Gasteiger partial charge < -0.3 is 11.1 Å². The van der Waals surface area contributed by atoms with Gasteiger partial charge in [-0.15, -0.1) is 0 Å². The fourth-order valence-electron chi connectivity index (χ4n) is 2.70. The summed E-state index contributed by atoms with van der Waals surface area (Å²) in [5.41, 5.74) is 6.49. The summed E-state index contributed by atoms with van der Waals surface area (Å²) in [6.07, 6.45) is 5.15. The third kappa shape index (κ3) is 2.97. The first kappa shape index (κ1) is 14.1. The topological polar surface area (TPSA) is 83.8 Å². The number of aromatic amines is 1. The number of nitrogens with two attached hydrogens (primary N) is 1. The lowest BCUT2D eigenvalue weighted by Gasteiger charge is -2.34. The Hall–Kier alpha value is -1.36. The molecule has 0 atom stereocenters. The molecule has 0 aromatic carbocycles. The highest BCUT2D eigenvalue weighted by Crippen LogP contribution is 2.36. The fourth-order valence-corrected chi connectivity index (χ4v) is 2.70. The van der Waals surface area contributed by atoms with E-state index in [-0.39, 0.29) is 5.91 Å². The van der Waals surface area contributed by atoms with Crippen LogP contribution in [0, 0.1) is 5.41 Å². The van der Waals surface area contributed by atoms with Gasteiger partial charge in [0.1, 0.15) is 0 Å². The number of carbonyl (C=O) groups excluding carboxylic acids is 1. The first-order valence-corrected chi connectivity index (χ1v) is 7.14. The molecule has 0 bridgehead atoms. The van der Waals surface area contributed by atoms with Gasteiger partial charge in [0.05, 0.1) is 5.41 Å². The molecule has 1 fully saturated rings. The predicted molar refractivity (Wildman–Crippen MR) is 75.9 cm³/mol. The largest absolute Gasteiger partial charge is 0.329 e. The van der Waals surface area contributed by atoms with Crippen LogP contribution in [0.4, 0.5) is 5.82 Å². The molecule has 0 saturated heterocycles. The van der Waals surface area contributed by atoms with Crippen molar-refractivity contribution >= 4 is 11.7 Å². The Morgan fingerprint density at radius 2 is 2.16 bits per heavy atom. The van der Waals surface area contributed by atoms with E-state index in [1.54, 1.807) is 0 Å². The van der Waals surface area contributed by atoms with Gasteiger partial charge in [0.25, 0.3) is 0 Å². The Kier molecular flexibility index (Phi) is 4.24. The van der Waals surface area contributed by atoms with Crippen molar-refractivity contribution in [2.24, 2.45) is 11.1 Å². The molecule has 0 unspecified atom stereocenters. The Morgan fingerprint density at radius 1 is 1.47 bits per heavy atom. The summed E-state index contributed by atoms with van der Waals surface area (Å²) in [5, 5.41) is 10.0. The first-order valence-electron chi connectivity index (χ1n) is 7.14. The van der Waals surface area contributed by atoms with Crippen molar-refractivity contribution in [3.8, 4) is 0 Å². The number of rotatable bonds is 4. The zero-order valence-corrected chi connectivity index (χ0v) is 11.8. The maximum absolute atomic E-state index is 12.5. The highest BCUT2D eigenvalue weighted by molar-refractivity contribution is 5.94. The van der Waals surface area contributed by atoms with Gasteiger partial charge in [0.2, 0.25) is 5.91 Å². The summed E-state index contributed by atoms with van der Waals surface area (Å²) in [5.74, 6) is 1.000. The maximum Gasteiger partial charge on any atom is 0.233 e. The number of anilines is 1. The molecule has 5 heteroatoms. The summed E-state index contributed by atoms with van der Waals surface area (Å²) < 4.78 is 0. The van der Waals surface area contributed by atoms with Crippen LogP contribution in [-0.2, 0) is 4.79 Å². The molecule has 1 aliphatic carbocycles. The second-order valence-electron chi connectivity index (χ2n) is 5.86. The lowest BCUT2D eigenvalue weighted by atomic mass is 9.73. The lowest BCUT2D eigenvalue weighted by Crippen LogP contribution is -2.43. The summed E-state index contributed by atoms with van der Waals surface area (Å²) >= 11 is 0. The molecule has 0 radical (unpaired) electrons. The molecule has 2 rings (SSSR count). The van der Waals surface area contributed by atoms with E-state index >= 15 is 0 Å². The first-order chi connectivity index (χ1) is 9.07. The van der Waals surface area contributed by atoms with Crippen LogP contribution in [0.15, 0.2) is 6.07 Å². The molecule has 1 aromatic heterocycles. The molecule has 1 saturated carbocycles. The van der Waals surface area contributed by atoms with Crippen molar-refractivity contribution in [2.75, 3.05) is 11.9 Å². The second kappa shape index (κ2) is 5.74. The molecule has 1 amide bonds. The number of aromatic nitrogens is 2. The SMILES string of the molecule is CC(C)c1cc(NC(=O)C2(CN)CCCCC2)n[nH]1. The Labute approximate surface area is 114 Å². The van der Waals surface area contributed by atoms with Gasteiger partial charge in [-0.3, -0.25) is 9.89 Å². The molecule has 1 aromatic rings. The maximum atomic E-state index is 12.5. The van der Waals surface area contributed by atoms with Crippen molar-refractivity contribution in [3.05, 3.63) is 11.8 Å². The number of hydrogen-bond donors (Lipinski definition) is 3. The highest BCUT2D eigenvalue weighted by Gasteiger charge is 2.38. The van der Waals surface area contributed by atoms with E-state index in [1.165, 1.54) is 6.42 Å². The zero-order valence-electron chi connectivity index (χ0n) is 11.8. The Morgan fingerprint density at radius 3 is 2.68 bits per heavy atom. The van der Waals surface area contributed by atoms with Crippen molar-refractivity contribution in [2.45, 2.75) is 51.9 Å². The molecule has 5 nitrogen and oxygen atoms in total. The van der Waals surface area contributed by atoms with Crippen LogP contribution in [0.5, 0.6) is 0 Å². The number of nitrogens with zero attached hydrogens (tertiary/aromatic N) is 1. The minimum Gasteiger partial charge on any atom is -0.329 e. The van der Waals surface area contributed by atoms with Crippen LogP contribution in [0.2, 0.25) is 0 Å². The normalized spacial score (nSPS) is 18.5. The smallest absolute Gasteiger partial charge is 0.233 e. The van der Waals surface area contributed by atoms with E-state index in [1.807, 2.05) is 6.07 Å². The molecule has 0 spiro atoms. The van der Waals surface area contributed by atoms with E-state index in [4.69, 9.17) is 5.73 Å². The number of amides is 1. The van der Waals surface area contributed by atoms with Gasteiger partial charge in [-0.05, 0) is 18.8 Å². The van der Waals surface area contributed by atoms with E-state index < -0.39 is 5.41 Å². The molecule has 19 heavy (non-hydrogen) atoms. The molecule has 1 aliphatic rings. The number of nitrogens with one attached hydrogen (secondary N) is 2. The summed E-state index contributed by atoms with van der Waals surface area (Å²) in [6.45, 7) is 4.59.